The minimum absolute atomic E-state index is 0.0876. The first-order valence-corrected chi connectivity index (χ1v) is 9.50. The van der Waals surface area contributed by atoms with E-state index in [1.54, 1.807) is 12.1 Å². The number of hydrogen-bond donors (Lipinski definition) is 1. The average molecular weight is 392 g/mol. The predicted octanol–water partition coefficient (Wildman–Crippen LogP) is 2.12. The average Bonchev–Trinajstić information content (AvgIpc) is 3.40. The summed E-state index contributed by atoms with van der Waals surface area (Å²) in [6.07, 6.45) is 1.93. The molecular weight excluding hydrogens is 374 g/mol. The van der Waals surface area contributed by atoms with Crippen molar-refractivity contribution < 1.29 is 40.8 Å². The Balaban J connectivity index is 1.74. The number of benzene rings is 1. The van der Waals surface area contributed by atoms with Gasteiger partial charge in [0.2, 0.25) is 0 Å². The van der Waals surface area contributed by atoms with Crippen molar-refractivity contribution in [2.45, 2.75) is 36.7 Å². The molecule has 1 aliphatic heterocycles. The number of fused-ring (bicyclic) bond motifs is 1. The summed E-state index contributed by atoms with van der Waals surface area (Å²) in [5.41, 5.74) is 1.51. The third-order valence-electron chi connectivity index (χ3n) is 4.31. The molecule has 0 saturated carbocycles. The predicted molar refractivity (Wildman–Crippen MR) is 84.6 cm³/mol. The monoisotopic (exact) mass is 392 g/mol. The van der Waals surface area contributed by atoms with Gasteiger partial charge in [0.25, 0.3) is 0 Å². The summed E-state index contributed by atoms with van der Waals surface area (Å²) in [5.74, 6) is -1.07. The van der Waals surface area contributed by atoms with Crippen LogP contribution in [0.1, 0.15) is 40.4 Å². The fourth-order valence-electron chi connectivity index (χ4n) is 2.86. The molecule has 0 aromatic heterocycles. The summed E-state index contributed by atoms with van der Waals surface area (Å²) in [6.45, 7) is -0.652. The zero-order valence-electron chi connectivity index (χ0n) is 13.7. The Morgan fingerprint density at radius 1 is 1.38 bits per heavy atom. The molecule has 0 amide bonds. The van der Waals surface area contributed by atoms with Gasteiger partial charge in [-0.3, -0.25) is 4.55 Å². The molecule has 10 heteroatoms. The number of ether oxygens (including phenoxy) is 3. The molecule has 3 rings (SSSR count). The molecule has 26 heavy (non-hydrogen) atoms. The lowest BCUT2D eigenvalue weighted by molar-refractivity contribution is -0.00971. The Hall–Kier alpha value is -1.62. The van der Waals surface area contributed by atoms with Crippen LogP contribution in [-0.2, 0) is 30.7 Å². The van der Waals surface area contributed by atoms with Gasteiger partial charge in [-0.25, -0.2) is 4.79 Å². The fraction of sp³-hybridized carbons (Fsp3) is 0.562. The summed E-state index contributed by atoms with van der Waals surface area (Å²) in [7, 11) is -5.66. The molecule has 144 valence electrons. The third kappa shape index (κ3) is 4.20. The number of rotatable bonds is 7. The first-order chi connectivity index (χ1) is 12.2. The highest BCUT2D eigenvalue weighted by Gasteiger charge is 2.45. The van der Waals surface area contributed by atoms with Gasteiger partial charge in [0.05, 0.1) is 24.9 Å². The Labute approximate surface area is 149 Å². The van der Waals surface area contributed by atoms with Gasteiger partial charge < -0.3 is 14.2 Å². The summed E-state index contributed by atoms with van der Waals surface area (Å²) >= 11 is 0. The largest absolute Gasteiger partial charge is 0.454 e. The summed E-state index contributed by atoms with van der Waals surface area (Å²) in [6, 6.07) is 4.82. The topological polar surface area (TPSA) is 102 Å². The van der Waals surface area contributed by atoms with E-state index < -0.39 is 27.9 Å². The zero-order valence-corrected chi connectivity index (χ0v) is 14.5. The second-order valence-electron chi connectivity index (χ2n) is 6.23. The van der Waals surface area contributed by atoms with Gasteiger partial charge in [-0.1, -0.05) is 12.1 Å². The van der Waals surface area contributed by atoms with Gasteiger partial charge in [0, 0.05) is 0 Å². The molecule has 2 aliphatic rings. The lowest BCUT2D eigenvalue weighted by Crippen LogP contribution is -2.34. The van der Waals surface area contributed by atoms with Crippen molar-refractivity contribution in [3.63, 3.8) is 0 Å². The maximum Gasteiger partial charge on any atom is 0.402 e. The van der Waals surface area contributed by atoms with Crippen LogP contribution < -0.4 is 0 Å². The molecule has 1 aromatic rings. The summed E-state index contributed by atoms with van der Waals surface area (Å²) < 4.78 is 71.5. The van der Waals surface area contributed by atoms with Crippen LogP contribution in [0.4, 0.5) is 8.78 Å². The van der Waals surface area contributed by atoms with Gasteiger partial charge in [-0.2, -0.15) is 17.2 Å². The Morgan fingerprint density at radius 2 is 2.12 bits per heavy atom. The quantitative estimate of drug-likeness (QED) is 0.431. The van der Waals surface area contributed by atoms with Crippen molar-refractivity contribution in [1.29, 1.82) is 0 Å². The lowest BCUT2D eigenvalue weighted by atomic mass is 9.86. The van der Waals surface area contributed by atoms with Crippen LogP contribution in [0.5, 0.6) is 0 Å². The van der Waals surface area contributed by atoms with Crippen LogP contribution in [0.3, 0.4) is 0 Å². The van der Waals surface area contributed by atoms with Gasteiger partial charge in [0.15, 0.2) is 6.61 Å². The number of esters is 1. The van der Waals surface area contributed by atoms with Crippen LogP contribution in [0.25, 0.3) is 0 Å². The van der Waals surface area contributed by atoms with E-state index in [0.29, 0.717) is 25.2 Å². The van der Waals surface area contributed by atoms with Crippen molar-refractivity contribution in [3.05, 3.63) is 34.9 Å². The van der Waals surface area contributed by atoms with Crippen LogP contribution in [0, 0.1) is 0 Å². The standard InChI is InChI=1S/C16H18F2O7S/c17-16(18,26(20,21)22)9-25-15(19)13-5-1-4-12-11(13)3-2-6-14(12)24-8-10-7-23-10/h1,4-5,10,14H,2-3,6-9H2,(H,20,21,22). The number of hydrogen-bond acceptors (Lipinski definition) is 6. The van der Waals surface area contributed by atoms with E-state index in [-0.39, 0.29) is 17.8 Å². The second-order valence-corrected chi connectivity index (χ2v) is 7.78. The molecule has 1 aliphatic carbocycles. The summed E-state index contributed by atoms with van der Waals surface area (Å²) in [5, 5.41) is -4.56. The maximum absolute atomic E-state index is 13.2. The normalized spacial score (nSPS) is 22.6. The molecule has 0 radical (unpaired) electrons. The third-order valence-corrected chi connectivity index (χ3v) is 5.18. The molecule has 0 bridgehead atoms. The van der Waals surface area contributed by atoms with Crippen molar-refractivity contribution in [2.24, 2.45) is 0 Å². The van der Waals surface area contributed by atoms with Crippen LogP contribution in [-0.4, -0.2) is 50.1 Å². The molecule has 1 saturated heterocycles. The van der Waals surface area contributed by atoms with Gasteiger partial charge in [-0.05, 0) is 36.5 Å². The number of alkyl halides is 2. The van der Waals surface area contributed by atoms with E-state index in [1.165, 1.54) is 6.07 Å². The van der Waals surface area contributed by atoms with Gasteiger partial charge in [0.1, 0.15) is 6.10 Å². The van der Waals surface area contributed by atoms with Gasteiger partial charge in [-0.15, -0.1) is 0 Å². The molecular formula is C16H18F2O7S. The molecule has 2 atom stereocenters. The van der Waals surface area contributed by atoms with E-state index in [9.17, 15) is 22.0 Å². The first-order valence-electron chi connectivity index (χ1n) is 8.06. The fourth-order valence-corrected chi connectivity index (χ4v) is 3.07. The number of epoxide rings is 1. The summed E-state index contributed by atoms with van der Waals surface area (Å²) in [4.78, 5) is 12.2. The molecule has 0 spiro atoms. The second kappa shape index (κ2) is 7.18. The van der Waals surface area contributed by atoms with E-state index in [4.69, 9.17) is 14.0 Å². The van der Waals surface area contributed by atoms with Crippen LogP contribution in [0.2, 0.25) is 0 Å². The minimum atomic E-state index is -5.66. The van der Waals surface area contributed by atoms with Crippen molar-refractivity contribution in [1.82, 2.24) is 0 Å². The van der Waals surface area contributed by atoms with Crippen LogP contribution in [0.15, 0.2) is 18.2 Å². The Bertz CT molecular complexity index is 790. The minimum Gasteiger partial charge on any atom is -0.454 e. The SMILES string of the molecule is O=C(OCC(F)(F)S(=O)(=O)O)c1cccc2c1CCCC2OCC1CO1. The zero-order chi connectivity index (χ0) is 18.9. The Morgan fingerprint density at radius 3 is 2.77 bits per heavy atom. The van der Waals surface area contributed by atoms with Crippen LogP contribution >= 0.6 is 0 Å². The molecule has 1 heterocycles. The highest BCUT2D eigenvalue weighted by molar-refractivity contribution is 7.86. The highest BCUT2D eigenvalue weighted by atomic mass is 32.2. The molecule has 1 fully saturated rings. The smallest absolute Gasteiger partial charge is 0.402 e. The highest BCUT2D eigenvalue weighted by Crippen LogP contribution is 2.35. The van der Waals surface area contributed by atoms with E-state index in [1.807, 2.05) is 0 Å². The van der Waals surface area contributed by atoms with Gasteiger partial charge >= 0.3 is 21.3 Å². The van der Waals surface area contributed by atoms with E-state index in [2.05, 4.69) is 4.74 Å². The van der Waals surface area contributed by atoms with Crippen molar-refractivity contribution in [2.75, 3.05) is 19.8 Å². The van der Waals surface area contributed by atoms with Crippen molar-refractivity contribution >= 4 is 16.1 Å². The number of carbonyl (C=O) groups excluding carboxylic acids is 1. The van der Waals surface area contributed by atoms with E-state index >= 15 is 0 Å². The number of carbonyl (C=O) groups is 1. The molecule has 1 aromatic carbocycles. The van der Waals surface area contributed by atoms with Crippen molar-refractivity contribution in [3.8, 4) is 0 Å². The molecule has 7 nitrogen and oxygen atoms in total. The van der Waals surface area contributed by atoms with E-state index in [0.717, 1.165) is 18.4 Å². The first kappa shape index (κ1) is 19.2. The number of halogens is 2. The molecule has 2 unspecified atom stereocenters. The lowest BCUT2D eigenvalue weighted by Gasteiger charge is -2.27. The maximum atomic E-state index is 13.2. The molecule has 1 N–H and O–H groups in total. The Kier molecular flexibility index (Phi) is 5.29.